The Labute approximate surface area is 119 Å². The fourth-order valence-electron chi connectivity index (χ4n) is 1.99. The predicted octanol–water partition coefficient (Wildman–Crippen LogP) is 2.47. The SMILES string of the molecule is CC(CC(=O)NCc1ccncc1)c1ccc(N)cc1. The Morgan fingerprint density at radius 1 is 1.20 bits per heavy atom. The molecule has 0 spiro atoms. The molecule has 1 aromatic heterocycles. The number of anilines is 1. The molecule has 1 aromatic carbocycles. The first-order chi connectivity index (χ1) is 9.65. The minimum absolute atomic E-state index is 0.0473. The topological polar surface area (TPSA) is 68.0 Å². The van der Waals surface area contributed by atoms with Gasteiger partial charge in [-0.1, -0.05) is 19.1 Å². The molecule has 1 amide bonds. The first kappa shape index (κ1) is 14.1. The maximum Gasteiger partial charge on any atom is 0.220 e. The zero-order valence-corrected chi connectivity index (χ0v) is 11.5. The standard InChI is InChI=1S/C16H19N3O/c1-12(14-2-4-15(17)5-3-14)10-16(20)19-11-13-6-8-18-9-7-13/h2-9,12H,10-11,17H2,1H3,(H,19,20). The number of hydrogen-bond acceptors (Lipinski definition) is 3. The predicted molar refractivity (Wildman–Crippen MR) is 80.0 cm³/mol. The van der Waals surface area contributed by atoms with Gasteiger partial charge in [-0.05, 0) is 41.3 Å². The zero-order chi connectivity index (χ0) is 14.4. The van der Waals surface area contributed by atoms with E-state index in [1.165, 1.54) is 0 Å². The molecule has 2 aromatic rings. The van der Waals surface area contributed by atoms with Crippen LogP contribution >= 0.6 is 0 Å². The van der Waals surface area contributed by atoms with E-state index < -0.39 is 0 Å². The van der Waals surface area contributed by atoms with E-state index in [1.54, 1.807) is 12.4 Å². The summed E-state index contributed by atoms with van der Waals surface area (Å²) in [6.07, 6.45) is 3.91. The molecule has 20 heavy (non-hydrogen) atoms. The quantitative estimate of drug-likeness (QED) is 0.819. The van der Waals surface area contributed by atoms with Crippen LogP contribution < -0.4 is 11.1 Å². The van der Waals surface area contributed by atoms with Gasteiger partial charge in [0, 0.05) is 31.0 Å². The van der Waals surface area contributed by atoms with E-state index in [4.69, 9.17) is 5.73 Å². The maximum absolute atomic E-state index is 11.9. The number of rotatable bonds is 5. The van der Waals surface area contributed by atoms with Crippen molar-refractivity contribution in [3.05, 3.63) is 59.9 Å². The molecule has 4 nitrogen and oxygen atoms in total. The van der Waals surface area contributed by atoms with Crippen LogP contribution in [0.3, 0.4) is 0 Å². The van der Waals surface area contributed by atoms with Gasteiger partial charge in [0.1, 0.15) is 0 Å². The van der Waals surface area contributed by atoms with Crippen LogP contribution in [0.2, 0.25) is 0 Å². The molecule has 0 aliphatic carbocycles. The summed E-state index contributed by atoms with van der Waals surface area (Å²) in [5.74, 6) is 0.221. The molecule has 0 saturated heterocycles. The summed E-state index contributed by atoms with van der Waals surface area (Å²) >= 11 is 0. The first-order valence-corrected chi connectivity index (χ1v) is 6.66. The molecule has 0 saturated carbocycles. The molecule has 0 radical (unpaired) electrons. The van der Waals surface area contributed by atoms with E-state index in [1.807, 2.05) is 43.3 Å². The number of carbonyl (C=O) groups is 1. The van der Waals surface area contributed by atoms with E-state index in [2.05, 4.69) is 10.3 Å². The summed E-state index contributed by atoms with van der Waals surface area (Å²) in [6, 6.07) is 11.4. The third kappa shape index (κ3) is 4.09. The Hall–Kier alpha value is -2.36. The van der Waals surface area contributed by atoms with Crippen molar-refractivity contribution in [3.8, 4) is 0 Å². The average Bonchev–Trinajstić information content (AvgIpc) is 2.47. The highest BCUT2D eigenvalue weighted by atomic mass is 16.1. The van der Waals surface area contributed by atoms with Crippen LogP contribution in [0.25, 0.3) is 0 Å². The van der Waals surface area contributed by atoms with E-state index in [0.717, 1.165) is 16.8 Å². The van der Waals surface area contributed by atoms with Crippen molar-refractivity contribution in [2.75, 3.05) is 5.73 Å². The van der Waals surface area contributed by atoms with Crippen LogP contribution in [0.15, 0.2) is 48.8 Å². The number of nitrogens with zero attached hydrogens (tertiary/aromatic N) is 1. The maximum atomic E-state index is 11.9. The molecule has 1 heterocycles. The third-order valence-corrected chi connectivity index (χ3v) is 3.24. The molecule has 104 valence electrons. The lowest BCUT2D eigenvalue weighted by Gasteiger charge is -2.12. The largest absolute Gasteiger partial charge is 0.399 e. The fraction of sp³-hybridized carbons (Fsp3) is 0.250. The van der Waals surface area contributed by atoms with Crippen LogP contribution in [0.4, 0.5) is 5.69 Å². The number of benzene rings is 1. The van der Waals surface area contributed by atoms with E-state index in [9.17, 15) is 4.79 Å². The number of carbonyl (C=O) groups excluding carboxylic acids is 1. The van der Waals surface area contributed by atoms with E-state index >= 15 is 0 Å². The molecule has 4 heteroatoms. The lowest BCUT2D eigenvalue weighted by atomic mass is 9.97. The fourth-order valence-corrected chi connectivity index (χ4v) is 1.99. The molecule has 0 bridgehead atoms. The van der Waals surface area contributed by atoms with Gasteiger partial charge in [0.2, 0.25) is 5.91 Å². The summed E-state index contributed by atoms with van der Waals surface area (Å²) in [5.41, 5.74) is 8.57. The van der Waals surface area contributed by atoms with Crippen molar-refractivity contribution in [2.45, 2.75) is 25.8 Å². The lowest BCUT2D eigenvalue weighted by molar-refractivity contribution is -0.121. The van der Waals surface area contributed by atoms with Crippen molar-refractivity contribution >= 4 is 11.6 Å². The van der Waals surface area contributed by atoms with Crippen molar-refractivity contribution in [1.82, 2.24) is 10.3 Å². The van der Waals surface area contributed by atoms with E-state index in [0.29, 0.717) is 13.0 Å². The second-order valence-electron chi connectivity index (χ2n) is 4.90. The Morgan fingerprint density at radius 2 is 1.85 bits per heavy atom. The van der Waals surface area contributed by atoms with Gasteiger partial charge < -0.3 is 11.1 Å². The van der Waals surface area contributed by atoms with Gasteiger partial charge in [0.25, 0.3) is 0 Å². The molecular formula is C16H19N3O. The summed E-state index contributed by atoms with van der Waals surface area (Å²) in [4.78, 5) is 15.9. The second kappa shape index (κ2) is 6.70. The molecule has 1 atom stereocenters. The average molecular weight is 269 g/mol. The molecule has 3 N–H and O–H groups in total. The molecule has 1 unspecified atom stereocenters. The van der Waals surface area contributed by atoms with Crippen LogP contribution in [0.1, 0.15) is 30.4 Å². The molecule has 2 rings (SSSR count). The number of nitrogens with two attached hydrogens (primary N) is 1. The molecular weight excluding hydrogens is 250 g/mol. The summed E-state index contributed by atoms with van der Waals surface area (Å²) in [6.45, 7) is 2.58. The monoisotopic (exact) mass is 269 g/mol. The Balaban J connectivity index is 1.83. The van der Waals surface area contributed by atoms with Crippen LogP contribution in [-0.2, 0) is 11.3 Å². The second-order valence-corrected chi connectivity index (χ2v) is 4.90. The summed E-state index contributed by atoms with van der Waals surface area (Å²) in [5, 5.41) is 2.92. The number of nitrogens with one attached hydrogen (secondary N) is 1. The van der Waals surface area contributed by atoms with Gasteiger partial charge in [0.15, 0.2) is 0 Å². The zero-order valence-electron chi connectivity index (χ0n) is 11.5. The lowest BCUT2D eigenvalue weighted by Crippen LogP contribution is -2.24. The summed E-state index contributed by atoms with van der Waals surface area (Å²) < 4.78 is 0. The highest BCUT2D eigenvalue weighted by Gasteiger charge is 2.10. The Kier molecular flexibility index (Phi) is 4.71. The highest BCUT2D eigenvalue weighted by molar-refractivity contribution is 5.76. The summed E-state index contributed by atoms with van der Waals surface area (Å²) in [7, 11) is 0. The van der Waals surface area contributed by atoms with Gasteiger partial charge in [-0.25, -0.2) is 0 Å². The van der Waals surface area contributed by atoms with Gasteiger partial charge in [-0.3, -0.25) is 9.78 Å². The minimum Gasteiger partial charge on any atom is -0.399 e. The van der Waals surface area contributed by atoms with Crippen molar-refractivity contribution in [3.63, 3.8) is 0 Å². The van der Waals surface area contributed by atoms with Crippen molar-refractivity contribution in [2.24, 2.45) is 0 Å². The Bertz CT molecular complexity index is 552. The molecule has 0 fully saturated rings. The van der Waals surface area contributed by atoms with Crippen molar-refractivity contribution in [1.29, 1.82) is 0 Å². The smallest absolute Gasteiger partial charge is 0.220 e. The normalized spacial score (nSPS) is 11.8. The van der Waals surface area contributed by atoms with Gasteiger partial charge in [-0.15, -0.1) is 0 Å². The number of aromatic nitrogens is 1. The highest BCUT2D eigenvalue weighted by Crippen LogP contribution is 2.19. The minimum atomic E-state index is 0.0473. The molecule has 0 aliphatic heterocycles. The van der Waals surface area contributed by atoms with Crippen LogP contribution in [0, 0.1) is 0 Å². The van der Waals surface area contributed by atoms with Crippen molar-refractivity contribution < 1.29 is 4.79 Å². The van der Waals surface area contributed by atoms with E-state index in [-0.39, 0.29) is 11.8 Å². The van der Waals surface area contributed by atoms with Gasteiger partial charge in [-0.2, -0.15) is 0 Å². The third-order valence-electron chi connectivity index (χ3n) is 3.24. The van der Waals surface area contributed by atoms with Crippen LogP contribution in [0.5, 0.6) is 0 Å². The number of nitrogen functional groups attached to an aromatic ring is 1. The molecule has 0 aliphatic rings. The van der Waals surface area contributed by atoms with Gasteiger partial charge in [0.05, 0.1) is 0 Å². The van der Waals surface area contributed by atoms with Crippen LogP contribution in [-0.4, -0.2) is 10.9 Å². The first-order valence-electron chi connectivity index (χ1n) is 6.66. The van der Waals surface area contributed by atoms with Gasteiger partial charge >= 0.3 is 0 Å². The number of amides is 1. The number of pyridine rings is 1. The Morgan fingerprint density at radius 3 is 2.50 bits per heavy atom. The number of hydrogen-bond donors (Lipinski definition) is 2.